The molecule has 1 aliphatic heterocycles. The van der Waals surface area contributed by atoms with Gasteiger partial charge < -0.3 is 4.74 Å². The number of carbonyl (C=O) groups excluding carboxylic acids is 1. The summed E-state index contributed by atoms with van der Waals surface area (Å²) in [6.45, 7) is 7.39. The maximum absolute atomic E-state index is 11.8. The summed E-state index contributed by atoms with van der Waals surface area (Å²) in [5, 5.41) is 0. The molecule has 0 aromatic carbocycles. The molecular formula is C11H14O2. The van der Waals surface area contributed by atoms with Crippen molar-refractivity contribution >= 4 is 5.78 Å². The minimum atomic E-state index is -0.0887. The number of ether oxygens (including phenoxy) is 1. The van der Waals surface area contributed by atoms with Crippen LogP contribution in [0.25, 0.3) is 0 Å². The maximum Gasteiger partial charge on any atom is 0.144 e. The molecule has 1 heterocycles. The molecule has 1 saturated carbocycles. The van der Waals surface area contributed by atoms with Crippen LogP contribution < -0.4 is 0 Å². The lowest BCUT2D eigenvalue weighted by Gasteiger charge is -2.31. The fourth-order valence-corrected chi connectivity index (χ4v) is 2.38. The monoisotopic (exact) mass is 178 g/mol. The van der Waals surface area contributed by atoms with E-state index in [1.165, 1.54) is 0 Å². The Morgan fingerprint density at radius 3 is 2.00 bits per heavy atom. The molecule has 0 N–H and O–H groups in total. The van der Waals surface area contributed by atoms with Crippen LogP contribution in [0.15, 0.2) is 25.3 Å². The Labute approximate surface area is 78.3 Å². The van der Waals surface area contributed by atoms with Gasteiger partial charge in [0.2, 0.25) is 0 Å². The van der Waals surface area contributed by atoms with Gasteiger partial charge in [0, 0.05) is 11.8 Å². The Bertz CT molecular complexity index is 233. The lowest BCUT2D eigenvalue weighted by molar-refractivity contribution is -0.140. The molecule has 2 heteroatoms. The molecule has 1 saturated heterocycles. The third-order valence-electron chi connectivity index (χ3n) is 3.09. The molecule has 2 aliphatic rings. The molecule has 0 aromatic heterocycles. The van der Waals surface area contributed by atoms with E-state index < -0.39 is 0 Å². The van der Waals surface area contributed by atoms with Crippen molar-refractivity contribution < 1.29 is 9.53 Å². The van der Waals surface area contributed by atoms with E-state index in [1.54, 1.807) is 12.2 Å². The first-order valence-electron chi connectivity index (χ1n) is 4.72. The molecule has 0 amide bonds. The lowest BCUT2D eigenvalue weighted by Crippen LogP contribution is -2.41. The first-order valence-corrected chi connectivity index (χ1v) is 4.72. The van der Waals surface area contributed by atoms with Crippen molar-refractivity contribution in [1.82, 2.24) is 0 Å². The Balaban J connectivity index is 2.26. The van der Waals surface area contributed by atoms with Gasteiger partial charge in [0.05, 0.1) is 12.2 Å². The zero-order chi connectivity index (χ0) is 9.42. The maximum atomic E-state index is 11.8. The summed E-state index contributed by atoms with van der Waals surface area (Å²) in [6, 6.07) is 0. The predicted octanol–water partition coefficient (Wildman–Crippen LogP) is 1.72. The smallest absolute Gasteiger partial charge is 0.144 e. The van der Waals surface area contributed by atoms with E-state index in [0.29, 0.717) is 5.78 Å². The second-order valence-corrected chi connectivity index (χ2v) is 3.73. The van der Waals surface area contributed by atoms with E-state index >= 15 is 0 Å². The van der Waals surface area contributed by atoms with Gasteiger partial charge in [-0.1, -0.05) is 12.2 Å². The van der Waals surface area contributed by atoms with Gasteiger partial charge in [0.25, 0.3) is 0 Å². The van der Waals surface area contributed by atoms with Crippen LogP contribution in [0.3, 0.4) is 0 Å². The standard InChI is InChI=1S/C11H14O2/c1-3-9-7-5-6-8(11(7)12)10(4-2)13-9/h3-4,7-10H,1-2,5-6H2. The lowest BCUT2D eigenvalue weighted by atomic mass is 9.90. The van der Waals surface area contributed by atoms with Crippen molar-refractivity contribution in [1.29, 1.82) is 0 Å². The van der Waals surface area contributed by atoms with Gasteiger partial charge in [-0.15, -0.1) is 13.2 Å². The minimum absolute atomic E-state index is 0.0682. The molecule has 1 aliphatic carbocycles. The van der Waals surface area contributed by atoms with Crippen molar-refractivity contribution in [2.75, 3.05) is 0 Å². The van der Waals surface area contributed by atoms with E-state index in [0.717, 1.165) is 12.8 Å². The third kappa shape index (κ3) is 1.17. The number of fused-ring (bicyclic) bond motifs is 2. The number of rotatable bonds is 2. The van der Waals surface area contributed by atoms with Gasteiger partial charge in [-0.2, -0.15) is 0 Å². The Morgan fingerprint density at radius 2 is 1.62 bits per heavy atom. The SMILES string of the molecule is C=CC1OC(C=C)C2CCC1C2=O. The van der Waals surface area contributed by atoms with Crippen molar-refractivity contribution in [2.45, 2.75) is 25.0 Å². The molecule has 2 fully saturated rings. The van der Waals surface area contributed by atoms with Crippen LogP contribution >= 0.6 is 0 Å². The van der Waals surface area contributed by atoms with E-state index in [1.807, 2.05) is 0 Å². The van der Waals surface area contributed by atoms with Crippen molar-refractivity contribution in [3.05, 3.63) is 25.3 Å². The van der Waals surface area contributed by atoms with Gasteiger partial charge in [-0.25, -0.2) is 0 Å². The fraction of sp³-hybridized carbons (Fsp3) is 0.545. The van der Waals surface area contributed by atoms with E-state index in [9.17, 15) is 4.79 Å². The van der Waals surface area contributed by atoms with Crippen LogP contribution in [0, 0.1) is 11.8 Å². The average Bonchev–Trinajstić information content (AvgIpc) is 2.44. The first-order chi connectivity index (χ1) is 6.27. The number of hydrogen-bond acceptors (Lipinski definition) is 2. The number of ketones is 1. The Morgan fingerprint density at radius 1 is 1.15 bits per heavy atom. The summed E-state index contributed by atoms with van der Waals surface area (Å²) in [7, 11) is 0. The number of hydrogen-bond donors (Lipinski definition) is 0. The molecule has 13 heavy (non-hydrogen) atoms. The molecule has 4 atom stereocenters. The summed E-state index contributed by atoms with van der Waals surface area (Å²) in [5.74, 6) is 0.485. The second kappa shape index (κ2) is 3.11. The highest BCUT2D eigenvalue weighted by molar-refractivity contribution is 5.87. The third-order valence-corrected chi connectivity index (χ3v) is 3.09. The topological polar surface area (TPSA) is 26.3 Å². The van der Waals surface area contributed by atoms with Crippen LogP contribution in [0.1, 0.15) is 12.8 Å². The normalized spacial score (nSPS) is 43.2. The molecule has 2 nitrogen and oxygen atoms in total. The second-order valence-electron chi connectivity index (χ2n) is 3.73. The van der Waals surface area contributed by atoms with Crippen molar-refractivity contribution in [3.63, 3.8) is 0 Å². The number of carbonyl (C=O) groups is 1. The molecular weight excluding hydrogens is 164 g/mol. The van der Waals surface area contributed by atoms with Crippen LogP contribution in [0.5, 0.6) is 0 Å². The van der Waals surface area contributed by atoms with Gasteiger partial charge in [0.1, 0.15) is 5.78 Å². The highest BCUT2D eigenvalue weighted by Gasteiger charge is 2.47. The summed E-state index contributed by atoms with van der Waals surface area (Å²) in [5.41, 5.74) is 0. The fourth-order valence-electron chi connectivity index (χ4n) is 2.38. The molecule has 0 spiro atoms. The minimum Gasteiger partial charge on any atom is -0.365 e. The highest BCUT2D eigenvalue weighted by atomic mass is 16.5. The van der Waals surface area contributed by atoms with Crippen molar-refractivity contribution in [3.8, 4) is 0 Å². The largest absolute Gasteiger partial charge is 0.365 e. The summed E-state index contributed by atoms with van der Waals surface area (Å²) in [6.07, 6.45) is 5.19. The van der Waals surface area contributed by atoms with Crippen molar-refractivity contribution in [2.24, 2.45) is 11.8 Å². The Kier molecular flexibility index (Phi) is 2.08. The van der Waals surface area contributed by atoms with Gasteiger partial charge >= 0.3 is 0 Å². The molecule has 0 radical (unpaired) electrons. The molecule has 0 aromatic rings. The first kappa shape index (κ1) is 8.70. The number of Topliss-reactive ketones (excluding diaryl/α,β-unsaturated/α-hetero) is 1. The van der Waals surface area contributed by atoms with Gasteiger partial charge in [-0.3, -0.25) is 4.79 Å². The Hall–Kier alpha value is -0.890. The molecule has 70 valence electrons. The van der Waals surface area contributed by atoms with Crippen LogP contribution in [0.2, 0.25) is 0 Å². The zero-order valence-electron chi connectivity index (χ0n) is 7.61. The molecule has 2 rings (SSSR count). The van der Waals surface area contributed by atoms with E-state index in [2.05, 4.69) is 13.2 Å². The molecule has 2 bridgehead atoms. The summed E-state index contributed by atoms with van der Waals surface area (Å²) < 4.78 is 5.69. The van der Waals surface area contributed by atoms with Crippen LogP contribution in [-0.4, -0.2) is 18.0 Å². The highest BCUT2D eigenvalue weighted by Crippen LogP contribution is 2.40. The zero-order valence-corrected chi connectivity index (χ0v) is 7.61. The molecule has 4 unspecified atom stereocenters. The average molecular weight is 178 g/mol. The summed E-state index contributed by atoms with van der Waals surface area (Å²) in [4.78, 5) is 11.8. The predicted molar refractivity (Wildman–Crippen MR) is 50.3 cm³/mol. The van der Waals surface area contributed by atoms with Gasteiger partial charge in [-0.05, 0) is 12.8 Å². The van der Waals surface area contributed by atoms with Crippen LogP contribution in [-0.2, 0) is 9.53 Å². The van der Waals surface area contributed by atoms with Gasteiger partial charge in [0.15, 0.2) is 0 Å². The quantitative estimate of drug-likeness (QED) is 0.602. The summed E-state index contributed by atoms with van der Waals surface area (Å²) >= 11 is 0. The van der Waals surface area contributed by atoms with E-state index in [4.69, 9.17) is 4.74 Å². The van der Waals surface area contributed by atoms with E-state index in [-0.39, 0.29) is 24.0 Å². The van der Waals surface area contributed by atoms with Crippen LogP contribution in [0.4, 0.5) is 0 Å².